The molecule has 0 saturated heterocycles. The molecule has 3 heteroatoms. The Labute approximate surface area is 171 Å². The van der Waals surface area contributed by atoms with Gasteiger partial charge in [-0.2, -0.15) is 0 Å². The van der Waals surface area contributed by atoms with Crippen LogP contribution >= 0.6 is 0 Å². The van der Waals surface area contributed by atoms with E-state index in [-0.39, 0.29) is 12.2 Å². The molecule has 0 aliphatic rings. The molecular formula is C24H36O2Sn. The summed E-state index contributed by atoms with van der Waals surface area (Å²) >= 11 is -3.24. The van der Waals surface area contributed by atoms with E-state index in [0.29, 0.717) is 0 Å². The molecule has 0 radical (unpaired) electrons. The van der Waals surface area contributed by atoms with Crippen molar-refractivity contribution in [2.75, 3.05) is 0 Å². The summed E-state index contributed by atoms with van der Waals surface area (Å²) in [4.78, 5) is 0. The van der Waals surface area contributed by atoms with Crippen LogP contribution in [0.1, 0.15) is 76.7 Å². The van der Waals surface area contributed by atoms with Crippen molar-refractivity contribution in [1.82, 2.24) is 0 Å². The van der Waals surface area contributed by atoms with Gasteiger partial charge in [-0.3, -0.25) is 0 Å². The molecule has 2 atom stereocenters. The number of rotatable bonds is 12. The van der Waals surface area contributed by atoms with Gasteiger partial charge in [-0.15, -0.1) is 0 Å². The fourth-order valence-corrected chi connectivity index (χ4v) is 15.3. The summed E-state index contributed by atoms with van der Waals surface area (Å²) in [7, 11) is 0. The Morgan fingerprint density at radius 3 is 1.37 bits per heavy atom. The van der Waals surface area contributed by atoms with E-state index in [1.54, 1.807) is 0 Å². The van der Waals surface area contributed by atoms with Crippen molar-refractivity contribution >= 4 is 19.2 Å². The minimum absolute atomic E-state index is 0.0960. The summed E-state index contributed by atoms with van der Waals surface area (Å²) in [5.41, 5.74) is 2.50. The van der Waals surface area contributed by atoms with Crippen molar-refractivity contribution in [3.8, 4) is 0 Å². The van der Waals surface area contributed by atoms with Crippen molar-refractivity contribution in [1.29, 1.82) is 0 Å². The van der Waals surface area contributed by atoms with Crippen molar-refractivity contribution in [3.63, 3.8) is 0 Å². The first-order valence-corrected chi connectivity index (χ1v) is 16.9. The fraction of sp³-hybridized carbons (Fsp3) is 0.500. The van der Waals surface area contributed by atoms with Gasteiger partial charge in [-0.25, -0.2) is 0 Å². The van der Waals surface area contributed by atoms with Gasteiger partial charge in [0.15, 0.2) is 0 Å². The average Bonchev–Trinajstić information content (AvgIpc) is 2.72. The van der Waals surface area contributed by atoms with Gasteiger partial charge in [0.1, 0.15) is 0 Å². The molecule has 0 heterocycles. The van der Waals surface area contributed by atoms with Crippen LogP contribution in [0.15, 0.2) is 60.7 Å². The molecule has 2 aromatic rings. The zero-order valence-electron chi connectivity index (χ0n) is 17.5. The number of hydrogen-bond donors (Lipinski definition) is 0. The second-order valence-corrected chi connectivity index (χ2v) is 16.9. The molecule has 2 nitrogen and oxygen atoms in total. The standard InChI is InChI=1S/2C8H9O.2C4H9.Sn/c2*1-7(9)8-5-3-2-4-6-8;2*1-3-4-2;/h2*2-7H,1H3;2*1,3-4H2,2H3;/q2*-1;;;+2. The van der Waals surface area contributed by atoms with E-state index in [2.05, 4.69) is 88.4 Å². The first kappa shape index (κ1) is 22.4. The SMILES string of the molecule is CCC[CH2][Sn]([CH2]CCC)([O]C(C)c1ccccc1)[O]C(C)c1ccccc1. The summed E-state index contributed by atoms with van der Waals surface area (Å²) in [6.07, 6.45) is 4.97. The molecule has 0 aliphatic carbocycles. The Morgan fingerprint density at radius 1 is 0.667 bits per heavy atom. The van der Waals surface area contributed by atoms with Crippen LogP contribution in [-0.2, 0) is 6.15 Å². The van der Waals surface area contributed by atoms with Crippen LogP contribution in [0.4, 0.5) is 0 Å². The van der Waals surface area contributed by atoms with E-state index >= 15 is 0 Å². The first-order chi connectivity index (χ1) is 13.1. The second kappa shape index (κ2) is 11.9. The van der Waals surface area contributed by atoms with Gasteiger partial charge in [0.05, 0.1) is 0 Å². The molecule has 0 saturated carbocycles. The first-order valence-electron chi connectivity index (χ1n) is 10.6. The fourth-order valence-electron chi connectivity index (χ4n) is 3.51. The van der Waals surface area contributed by atoms with Crippen LogP contribution in [0, 0.1) is 0 Å². The molecule has 27 heavy (non-hydrogen) atoms. The predicted molar refractivity (Wildman–Crippen MR) is 117 cm³/mol. The quantitative estimate of drug-likeness (QED) is 0.295. The van der Waals surface area contributed by atoms with Gasteiger partial charge in [0.25, 0.3) is 0 Å². The van der Waals surface area contributed by atoms with Crippen molar-refractivity contribution < 1.29 is 6.15 Å². The van der Waals surface area contributed by atoms with Crippen LogP contribution in [0.25, 0.3) is 0 Å². The van der Waals surface area contributed by atoms with E-state index in [4.69, 9.17) is 6.15 Å². The van der Waals surface area contributed by atoms with Crippen LogP contribution in [0.5, 0.6) is 0 Å². The molecule has 2 rings (SSSR count). The summed E-state index contributed by atoms with van der Waals surface area (Å²) in [5.74, 6) is 0. The van der Waals surface area contributed by atoms with E-state index in [1.165, 1.54) is 36.8 Å². The van der Waals surface area contributed by atoms with Crippen molar-refractivity contribution in [2.24, 2.45) is 0 Å². The Kier molecular flexibility index (Phi) is 9.88. The topological polar surface area (TPSA) is 18.5 Å². The number of benzene rings is 2. The van der Waals surface area contributed by atoms with E-state index in [9.17, 15) is 0 Å². The molecule has 0 aromatic heterocycles. The maximum atomic E-state index is 6.91. The summed E-state index contributed by atoms with van der Waals surface area (Å²) < 4.78 is 16.1. The molecule has 0 N–H and O–H groups in total. The minimum atomic E-state index is -3.24. The van der Waals surface area contributed by atoms with Gasteiger partial charge < -0.3 is 0 Å². The number of hydrogen-bond acceptors (Lipinski definition) is 2. The predicted octanol–water partition coefficient (Wildman–Crippen LogP) is 7.58. The maximum absolute atomic E-state index is 6.91. The second-order valence-electron chi connectivity index (χ2n) is 7.46. The van der Waals surface area contributed by atoms with Crippen LogP contribution in [0.3, 0.4) is 0 Å². The summed E-state index contributed by atoms with van der Waals surface area (Å²) in [6, 6.07) is 21.2. The van der Waals surface area contributed by atoms with Gasteiger partial charge in [-0.1, -0.05) is 0 Å². The van der Waals surface area contributed by atoms with Gasteiger partial charge >= 0.3 is 172 Å². The third kappa shape index (κ3) is 7.24. The number of unbranched alkanes of at least 4 members (excludes halogenated alkanes) is 2. The molecule has 0 spiro atoms. The Bertz CT molecular complexity index is 572. The van der Waals surface area contributed by atoms with Crippen molar-refractivity contribution in [2.45, 2.75) is 74.5 Å². The summed E-state index contributed by atoms with van der Waals surface area (Å²) in [6.45, 7) is 8.90. The molecular weight excluding hydrogens is 439 g/mol. The molecule has 2 aromatic carbocycles. The van der Waals surface area contributed by atoms with Crippen molar-refractivity contribution in [3.05, 3.63) is 71.8 Å². The van der Waals surface area contributed by atoms with Crippen LogP contribution in [0.2, 0.25) is 8.87 Å². The van der Waals surface area contributed by atoms with E-state index in [1.807, 2.05) is 0 Å². The molecule has 0 fully saturated rings. The Hall–Kier alpha value is -0.841. The normalized spacial score (nSPS) is 14.1. The van der Waals surface area contributed by atoms with Gasteiger partial charge in [0, 0.05) is 0 Å². The zero-order valence-corrected chi connectivity index (χ0v) is 20.3. The average molecular weight is 475 g/mol. The van der Waals surface area contributed by atoms with Crippen LogP contribution < -0.4 is 0 Å². The summed E-state index contributed by atoms with van der Waals surface area (Å²) in [5, 5.41) is 0. The van der Waals surface area contributed by atoms with Gasteiger partial charge in [-0.05, 0) is 0 Å². The van der Waals surface area contributed by atoms with E-state index < -0.39 is 19.2 Å². The molecule has 2 unspecified atom stereocenters. The third-order valence-corrected chi connectivity index (χ3v) is 16.0. The van der Waals surface area contributed by atoms with Gasteiger partial charge in [0.2, 0.25) is 0 Å². The molecule has 0 bridgehead atoms. The third-order valence-electron chi connectivity index (χ3n) is 5.14. The van der Waals surface area contributed by atoms with Crippen LogP contribution in [-0.4, -0.2) is 19.2 Å². The Balaban J connectivity index is 2.23. The molecule has 0 aliphatic heterocycles. The molecule has 0 amide bonds. The van der Waals surface area contributed by atoms with E-state index in [0.717, 1.165) is 8.87 Å². The Morgan fingerprint density at radius 2 is 1.04 bits per heavy atom. The monoisotopic (exact) mass is 476 g/mol. The zero-order chi connectivity index (χ0) is 19.5. The molecule has 148 valence electrons.